The zero-order valence-corrected chi connectivity index (χ0v) is 30.1. The maximum Gasteiger partial charge on any atom is 0.303 e. The molecule has 15 atom stereocenters. The summed E-state index contributed by atoms with van der Waals surface area (Å²) < 4.78 is 50.9. The van der Waals surface area contributed by atoms with Crippen molar-refractivity contribution in [1.29, 1.82) is 0 Å². The fourth-order valence-electron chi connectivity index (χ4n) is 6.60. The van der Waals surface area contributed by atoms with Crippen molar-refractivity contribution >= 4 is 16.9 Å². The molecule has 0 bridgehead atoms. The van der Waals surface area contributed by atoms with Crippen LogP contribution in [0.25, 0.3) is 22.3 Å². The molecular weight excluding hydrogens is 752 g/mol. The number of esters is 1. The lowest BCUT2D eigenvalue weighted by atomic mass is 9.97. The van der Waals surface area contributed by atoms with Gasteiger partial charge in [0.15, 0.2) is 30.2 Å². The molecule has 20 heteroatoms. The van der Waals surface area contributed by atoms with Gasteiger partial charge < -0.3 is 88.3 Å². The smallest absolute Gasteiger partial charge is 0.303 e. The van der Waals surface area contributed by atoms with Crippen molar-refractivity contribution in [1.82, 2.24) is 0 Å². The average molecular weight is 797 g/mol. The highest BCUT2D eigenvalue weighted by molar-refractivity contribution is 5.86. The minimum atomic E-state index is -1.97. The molecule has 3 aliphatic heterocycles. The molecule has 3 aliphatic rings. The van der Waals surface area contributed by atoms with Crippen LogP contribution < -0.4 is 14.9 Å². The van der Waals surface area contributed by atoms with E-state index in [1.54, 1.807) is 24.3 Å². The molecule has 0 radical (unpaired) electrons. The van der Waals surface area contributed by atoms with Crippen LogP contribution in [0.5, 0.6) is 17.2 Å². The number of carbonyl (C=O) groups excluding carboxylic acids is 1. The summed E-state index contributed by atoms with van der Waals surface area (Å²) in [5.41, 5.74) is -0.249. The Hall–Kier alpha value is -4.00. The SMILES string of the molecule is COc1ccc(-c2cc(=O)c3c(O)cc(O[C@@H]4OC(CO[C@@H]5OC(C)[C@H](O)C(O)[C@@H]5O)[C@@H](O)[C@H](O)C4O[C@@H]4OC(CO)[C@@H](O)[C@H](O)C4OC(C)=O)cc3o2)cc1. The van der Waals surface area contributed by atoms with Gasteiger partial charge in [0.25, 0.3) is 0 Å². The Labute approximate surface area is 317 Å². The summed E-state index contributed by atoms with van der Waals surface area (Å²) in [6, 6.07) is 10.0. The van der Waals surface area contributed by atoms with Gasteiger partial charge >= 0.3 is 5.97 Å². The molecule has 0 aliphatic carbocycles. The predicted molar refractivity (Wildman–Crippen MR) is 184 cm³/mol. The van der Waals surface area contributed by atoms with Gasteiger partial charge in [0.2, 0.25) is 6.29 Å². The number of rotatable bonds is 11. The lowest BCUT2D eigenvalue weighted by Crippen LogP contribution is -2.66. The van der Waals surface area contributed by atoms with E-state index in [1.165, 1.54) is 26.2 Å². The van der Waals surface area contributed by atoms with Crippen molar-refractivity contribution in [2.45, 2.75) is 106 Å². The van der Waals surface area contributed by atoms with E-state index in [-0.39, 0.29) is 22.5 Å². The van der Waals surface area contributed by atoms with E-state index in [4.69, 9.17) is 42.3 Å². The van der Waals surface area contributed by atoms with Crippen molar-refractivity contribution in [3.05, 3.63) is 52.7 Å². The second-order valence-electron chi connectivity index (χ2n) is 13.6. The van der Waals surface area contributed by atoms with Crippen LogP contribution in [0.4, 0.5) is 0 Å². The van der Waals surface area contributed by atoms with Crippen LogP contribution in [-0.4, -0.2) is 164 Å². The van der Waals surface area contributed by atoms with Gasteiger partial charge in [-0.05, 0) is 31.2 Å². The Morgan fingerprint density at radius 1 is 0.750 bits per heavy atom. The molecule has 0 saturated carbocycles. The molecule has 20 nitrogen and oxygen atoms in total. The van der Waals surface area contributed by atoms with Crippen LogP contribution in [-0.2, 0) is 33.2 Å². The fourth-order valence-corrected chi connectivity index (χ4v) is 6.60. The Balaban J connectivity index is 1.33. The first-order chi connectivity index (χ1) is 26.6. The van der Waals surface area contributed by atoms with Crippen LogP contribution in [0.1, 0.15) is 13.8 Å². The van der Waals surface area contributed by atoms with Crippen molar-refractivity contribution in [3.63, 3.8) is 0 Å². The molecular formula is C36H44O20. The highest BCUT2D eigenvalue weighted by Gasteiger charge is 2.53. The third-order valence-electron chi connectivity index (χ3n) is 9.71. The topological polar surface area (TPSA) is 303 Å². The van der Waals surface area contributed by atoms with Gasteiger partial charge in [-0.2, -0.15) is 0 Å². The standard InChI is InChI=1S/C36H44O20/c1-13-25(41)28(44)31(47)34(50-13)49-12-23-27(43)30(46)33(56-36-32(51-14(2)38)29(45)26(42)22(11-37)54-36)35(55-23)52-17-8-18(39)24-19(40)10-20(53-21(24)9-17)15-4-6-16(48-3)7-5-15/h4-10,13,22-23,25-37,39,41-47H,11-12H2,1-3H3/t13?,22?,23?,25-,26+,27+,28?,29-,30-,31-,32?,33?,34+,35+,36-/m0/s1. The number of phenolic OH excluding ortho intramolecular Hbond substituents is 1. The van der Waals surface area contributed by atoms with E-state index in [1.807, 2.05) is 0 Å². The maximum absolute atomic E-state index is 13.1. The molecule has 1 aromatic heterocycles. The van der Waals surface area contributed by atoms with E-state index < -0.39 is 122 Å². The average Bonchev–Trinajstić information content (AvgIpc) is 3.17. The second kappa shape index (κ2) is 17.2. The Morgan fingerprint density at radius 3 is 2.07 bits per heavy atom. The quantitative estimate of drug-likeness (QED) is 0.0914. The van der Waals surface area contributed by atoms with Crippen LogP contribution in [0.15, 0.2) is 51.7 Å². The van der Waals surface area contributed by atoms with Gasteiger partial charge in [0.05, 0.1) is 26.4 Å². The van der Waals surface area contributed by atoms with Gasteiger partial charge in [-0.1, -0.05) is 0 Å². The molecule has 3 saturated heterocycles. The summed E-state index contributed by atoms with van der Waals surface area (Å²) in [7, 11) is 1.49. The number of aromatic hydroxyl groups is 1. The summed E-state index contributed by atoms with van der Waals surface area (Å²) in [5.74, 6) is -1.06. The molecule has 2 aromatic carbocycles. The largest absolute Gasteiger partial charge is 0.507 e. The molecule has 0 spiro atoms. The molecule has 56 heavy (non-hydrogen) atoms. The Morgan fingerprint density at radius 2 is 1.41 bits per heavy atom. The van der Waals surface area contributed by atoms with Crippen LogP contribution in [0.3, 0.4) is 0 Å². The number of benzene rings is 2. The number of aliphatic hydroxyl groups is 8. The molecule has 308 valence electrons. The lowest BCUT2D eigenvalue weighted by molar-refractivity contribution is -0.363. The van der Waals surface area contributed by atoms with E-state index >= 15 is 0 Å². The minimum Gasteiger partial charge on any atom is -0.507 e. The Kier molecular flexibility index (Phi) is 12.8. The summed E-state index contributed by atoms with van der Waals surface area (Å²) in [6.07, 6.45) is -24.9. The second-order valence-corrected chi connectivity index (χ2v) is 13.6. The molecule has 6 unspecified atom stereocenters. The molecule has 6 rings (SSSR count). The number of carbonyl (C=O) groups is 1. The van der Waals surface area contributed by atoms with Gasteiger partial charge in [-0.15, -0.1) is 0 Å². The molecule has 4 heterocycles. The van der Waals surface area contributed by atoms with E-state index in [0.29, 0.717) is 11.3 Å². The van der Waals surface area contributed by atoms with Gasteiger partial charge in [0, 0.05) is 30.7 Å². The van der Waals surface area contributed by atoms with Crippen molar-refractivity contribution in [3.8, 4) is 28.6 Å². The number of phenols is 1. The van der Waals surface area contributed by atoms with Gasteiger partial charge in [-0.3, -0.25) is 9.59 Å². The number of aliphatic hydroxyl groups excluding tert-OH is 8. The maximum atomic E-state index is 13.1. The number of fused-ring (bicyclic) bond motifs is 1. The van der Waals surface area contributed by atoms with Crippen molar-refractivity contribution < 1.29 is 93.1 Å². The molecule has 0 amide bonds. The summed E-state index contributed by atoms with van der Waals surface area (Å²) >= 11 is 0. The molecule has 3 fully saturated rings. The van der Waals surface area contributed by atoms with Crippen LogP contribution in [0, 0.1) is 0 Å². The predicted octanol–water partition coefficient (Wildman–Crippen LogP) is -2.40. The van der Waals surface area contributed by atoms with Gasteiger partial charge in [0.1, 0.15) is 88.9 Å². The zero-order valence-electron chi connectivity index (χ0n) is 30.1. The lowest BCUT2D eigenvalue weighted by Gasteiger charge is -2.47. The van der Waals surface area contributed by atoms with Crippen molar-refractivity contribution in [2.75, 3.05) is 20.3 Å². The normalized spacial score (nSPS) is 36.2. The summed E-state index contributed by atoms with van der Waals surface area (Å²) in [4.78, 5) is 25.1. The first-order valence-corrected chi connectivity index (χ1v) is 17.5. The summed E-state index contributed by atoms with van der Waals surface area (Å²) in [5, 5.41) is 95.2. The molecule has 9 N–H and O–H groups in total. The van der Waals surface area contributed by atoms with Gasteiger partial charge in [-0.25, -0.2) is 0 Å². The van der Waals surface area contributed by atoms with E-state index in [0.717, 1.165) is 13.0 Å². The first kappa shape index (κ1) is 41.6. The monoisotopic (exact) mass is 796 g/mol. The van der Waals surface area contributed by atoms with Crippen LogP contribution >= 0.6 is 0 Å². The minimum absolute atomic E-state index is 0.122. The van der Waals surface area contributed by atoms with Crippen molar-refractivity contribution in [2.24, 2.45) is 0 Å². The highest BCUT2D eigenvalue weighted by atomic mass is 16.8. The molecule has 3 aromatic rings. The number of hydrogen-bond donors (Lipinski definition) is 9. The third-order valence-corrected chi connectivity index (χ3v) is 9.71. The number of methoxy groups -OCH3 is 1. The first-order valence-electron chi connectivity index (χ1n) is 17.5. The van der Waals surface area contributed by atoms with Crippen LogP contribution in [0.2, 0.25) is 0 Å². The number of ether oxygens (including phenoxy) is 8. The number of hydrogen-bond acceptors (Lipinski definition) is 20. The van der Waals surface area contributed by atoms with E-state index in [2.05, 4.69) is 0 Å². The van der Waals surface area contributed by atoms with E-state index in [9.17, 15) is 55.5 Å². The Bertz CT molecular complexity index is 1870. The highest BCUT2D eigenvalue weighted by Crippen LogP contribution is 2.36. The third kappa shape index (κ3) is 8.48. The fraction of sp³-hybridized carbons (Fsp3) is 0.556. The summed E-state index contributed by atoms with van der Waals surface area (Å²) in [6.45, 7) is 0.978. The zero-order chi connectivity index (χ0) is 40.6.